The van der Waals surface area contributed by atoms with E-state index in [1.165, 1.54) is 11.3 Å². The van der Waals surface area contributed by atoms with Gasteiger partial charge in [-0.05, 0) is 43.3 Å². The number of para-hydroxylation sites is 2. The molecule has 0 aliphatic heterocycles. The summed E-state index contributed by atoms with van der Waals surface area (Å²) in [5.41, 5.74) is 1.82. The molecule has 0 radical (unpaired) electrons. The molecule has 3 aromatic rings. The van der Waals surface area contributed by atoms with E-state index < -0.39 is 0 Å². The molecule has 0 atom stereocenters. The van der Waals surface area contributed by atoms with Gasteiger partial charge in [0.2, 0.25) is 0 Å². The van der Waals surface area contributed by atoms with E-state index in [0.29, 0.717) is 27.7 Å². The SMILES string of the molecule is Cc1nc(C(=O)Nc2ccccc2NC(=O)c2ccc(Cl)cc2)cs1. The summed E-state index contributed by atoms with van der Waals surface area (Å²) in [5, 5.41) is 8.64. The Labute approximate surface area is 153 Å². The van der Waals surface area contributed by atoms with E-state index in [0.717, 1.165) is 5.01 Å². The molecule has 0 aliphatic rings. The van der Waals surface area contributed by atoms with Crippen LogP contribution in [0.25, 0.3) is 0 Å². The van der Waals surface area contributed by atoms with Crippen LogP contribution in [0.1, 0.15) is 25.9 Å². The lowest BCUT2D eigenvalue weighted by Gasteiger charge is -2.11. The van der Waals surface area contributed by atoms with Gasteiger partial charge in [-0.1, -0.05) is 23.7 Å². The minimum Gasteiger partial charge on any atom is -0.320 e. The molecule has 126 valence electrons. The summed E-state index contributed by atoms with van der Waals surface area (Å²) in [6.07, 6.45) is 0. The number of hydrogen-bond acceptors (Lipinski definition) is 4. The molecule has 0 fully saturated rings. The molecular weight excluding hydrogens is 358 g/mol. The van der Waals surface area contributed by atoms with Crippen LogP contribution in [0.5, 0.6) is 0 Å². The summed E-state index contributed by atoms with van der Waals surface area (Å²) in [5.74, 6) is -0.611. The highest BCUT2D eigenvalue weighted by molar-refractivity contribution is 7.09. The van der Waals surface area contributed by atoms with Crippen LogP contribution in [-0.4, -0.2) is 16.8 Å². The highest BCUT2D eigenvalue weighted by Crippen LogP contribution is 2.23. The van der Waals surface area contributed by atoms with Gasteiger partial charge in [0.1, 0.15) is 5.69 Å². The number of carbonyl (C=O) groups is 2. The molecule has 1 heterocycles. The molecule has 7 heteroatoms. The third-order valence-corrected chi connectivity index (χ3v) is 4.41. The molecule has 2 N–H and O–H groups in total. The molecule has 0 aliphatic carbocycles. The number of aromatic nitrogens is 1. The number of amides is 2. The van der Waals surface area contributed by atoms with E-state index in [1.54, 1.807) is 53.9 Å². The maximum atomic E-state index is 12.4. The Bertz CT molecular complexity index is 922. The fourth-order valence-corrected chi connectivity index (χ4v) is 2.87. The first kappa shape index (κ1) is 17.1. The maximum Gasteiger partial charge on any atom is 0.275 e. The number of hydrogen-bond donors (Lipinski definition) is 2. The first-order valence-electron chi connectivity index (χ1n) is 7.42. The average Bonchev–Trinajstić information content (AvgIpc) is 3.04. The van der Waals surface area contributed by atoms with E-state index >= 15 is 0 Å². The van der Waals surface area contributed by atoms with Crippen molar-refractivity contribution in [2.45, 2.75) is 6.92 Å². The second kappa shape index (κ2) is 7.46. The standard InChI is InChI=1S/C18H14ClN3O2S/c1-11-20-16(10-25-11)18(24)22-15-5-3-2-4-14(15)21-17(23)12-6-8-13(19)9-7-12/h2-10H,1H3,(H,21,23)(H,22,24). The molecule has 2 aromatic carbocycles. The first-order chi connectivity index (χ1) is 12.0. The van der Waals surface area contributed by atoms with Gasteiger partial charge in [-0.25, -0.2) is 4.98 Å². The highest BCUT2D eigenvalue weighted by atomic mass is 35.5. The number of benzene rings is 2. The van der Waals surface area contributed by atoms with Crippen molar-refractivity contribution in [1.82, 2.24) is 4.98 Å². The molecule has 5 nitrogen and oxygen atoms in total. The van der Waals surface area contributed by atoms with Gasteiger partial charge in [0.15, 0.2) is 0 Å². The van der Waals surface area contributed by atoms with Crippen molar-refractivity contribution < 1.29 is 9.59 Å². The van der Waals surface area contributed by atoms with Gasteiger partial charge < -0.3 is 10.6 Å². The van der Waals surface area contributed by atoms with Crippen molar-refractivity contribution in [3.8, 4) is 0 Å². The van der Waals surface area contributed by atoms with Gasteiger partial charge in [-0.15, -0.1) is 11.3 Å². The Morgan fingerprint density at radius 1 is 0.960 bits per heavy atom. The van der Waals surface area contributed by atoms with Crippen LogP contribution < -0.4 is 10.6 Å². The summed E-state index contributed by atoms with van der Waals surface area (Å²) < 4.78 is 0. The lowest BCUT2D eigenvalue weighted by Crippen LogP contribution is -2.17. The smallest absolute Gasteiger partial charge is 0.275 e. The van der Waals surface area contributed by atoms with Crippen LogP contribution in [0, 0.1) is 6.92 Å². The molecule has 0 bridgehead atoms. The number of thiazole rings is 1. The van der Waals surface area contributed by atoms with Crippen LogP contribution in [0.15, 0.2) is 53.9 Å². The Morgan fingerprint density at radius 2 is 1.56 bits per heavy atom. The number of nitrogens with one attached hydrogen (secondary N) is 2. The fourth-order valence-electron chi connectivity index (χ4n) is 2.15. The molecule has 2 amide bonds. The topological polar surface area (TPSA) is 71.1 Å². The Hall–Kier alpha value is -2.70. The van der Waals surface area contributed by atoms with Crippen LogP contribution in [0.4, 0.5) is 11.4 Å². The van der Waals surface area contributed by atoms with Gasteiger partial charge >= 0.3 is 0 Å². The quantitative estimate of drug-likeness (QED) is 0.703. The molecule has 1 aromatic heterocycles. The third-order valence-electron chi connectivity index (χ3n) is 3.38. The number of halogens is 1. The van der Waals surface area contributed by atoms with Gasteiger partial charge in [0.05, 0.1) is 16.4 Å². The normalized spacial score (nSPS) is 10.3. The van der Waals surface area contributed by atoms with Crippen molar-refractivity contribution >= 4 is 46.1 Å². The van der Waals surface area contributed by atoms with Crippen molar-refractivity contribution in [2.24, 2.45) is 0 Å². The van der Waals surface area contributed by atoms with Gasteiger partial charge in [-0.2, -0.15) is 0 Å². The predicted octanol–water partition coefficient (Wildman–Crippen LogP) is 4.61. The molecule has 3 rings (SSSR count). The number of aryl methyl sites for hydroxylation is 1. The van der Waals surface area contributed by atoms with Gasteiger partial charge in [0.25, 0.3) is 11.8 Å². The molecule has 25 heavy (non-hydrogen) atoms. The number of carbonyl (C=O) groups excluding carboxylic acids is 2. The van der Waals surface area contributed by atoms with E-state index in [4.69, 9.17) is 11.6 Å². The zero-order valence-corrected chi connectivity index (χ0v) is 14.8. The highest BCUT2D eigenvalue weighted by Gasteiger charge is 2.13. The van der Waals surface area contributed by atoms with Crippen molar-refractivity contribution in [3.05, 3.63) is 75.2 Å². The minimum absolute atomic E-state index is 0.289. The lowest BCUT2D eigenvalue weighted by molar-refractivity contribution is 0.101. The Kier molecular flexibility index (Phi) is 5.11. The van der Waals surface area contributed by atoms with E-state index in [2.05, 4.69) is 15.6 Å². The van der Waals surface area contributed by atoms with Crippen LogP contribution in [-0.2, 0) is 0 Å². The minimum atomic E-state index is -0.322. The summed E-state index contributed by atoms with van der Waals surface area (Å²) in [6, 6.07) is 13.6. The fraction of sp³-hybridized carbons (Fsp3) is 0.0556. The zero-order valence-electron chi connectivity index (χ0n) is 13.2. The number of nitrogens with zero attached hydrogens (tertiary/aromatic N) is 1. The Morgan fingerprint density at radius 3 is 2.12 bits per heavy atom. The van der Waals surface area contributed by atoms with Crippen molar-refractivity contribution in [2.75, 3.05) is 10.6 Å². The number of rotatable bonds is 4. The van der Waals surface area contributed by atoms with Gasteiger partial charge in [0, 0.05) is 16.0 Å². The first-order valence-corrected chi connectivity index (χ1v) is 8.68. The molecule has 0 unspecified atom stereocenters. The summed E-state index contributed by atoms with van der Waals surface area (Å²) in [7, 11) is 0. The van der Waals surface area contributed by atoms with Crippen LogP contribution >= 0.6 is 22.9 Å². The van der Waals surface area contributed by atoms with E-state index in [-0.39, 0.29) is 11.8 Å². The molecule has 0 saturated heterocycles. The Balaban J connectivity index is 1.77. The van der Waals surface area contributed by atoms with Crippen molar-refractivity contribution in [1.29, 1.82) is 0 Å². The van der Waals surface area contributed by atoms with Crippen LogP contribution in [0.3, 0.4) is 0 Å². The predicted molar refractivity (Wildman–Crippen MR) is 101 cm³/mol. The summed E-state index contributed by atoms with van der Waals surface area (Å²) in [6.45, 7) is 1.84. The zero-order chi connectivity index (χ0) is 17.8. The largest absolute Gasteiger partial charge is 0.320 e. The molecular formula is C18H14ClN3O2S. The molecule has 0 spiro atoms. The maximum absolute atomic E-state index is 12.4. The summed E-state index contributed by atoms with van der Waals surface area (Å²) >= 11 is 7.24. The van der Waals surface area contributed by atoms with E-state index in [1.807, 2.05) is 6.92 Å². The monoisotopic (exact) mass is 371 g/mol. The molecule has 0 saturated carbocycles. The third kappa shape index (κ3) is 4.23. The second-order valence-electron chi connectivity index (χ2n) is 5.21. The summed E-state index contributed by atoms with van der Waals surface area (Å²) in [4.78, 5) is 28.8. The van der Waals surface area contributed by atoms with Crippen molar-refractivity contribution in [3.63, 3.8) is 0 Å². The average molecular weight is 372 g/mol. The lowest BCUT2D eigenvalue weighted by atomic mass is 10.2. The second-order valence-corrected chi connectivity index (χ2v) is 6.71. The van der Waals surface area contributed by atoms with Gasteiger partial charge in [-0.3, -0.25) is 9.59 Å². The number of anilines is 2. The van der Waals surface area contributed by atoms with E-state index in [9.17, 15) is 9.59 Å². The van der Waals surface area contributed by atoms with Crippen LogP contribution in [0.2, 0.25) is 5.02 Å².